The van der Waals surface area contributed by atoms with Crippen LogP contribution in [0.15, 0.2) is 48.5 Å². The van der Waals surface area contributed by atoms with Crippen LogP contribution in [0.2, 0.25) is 0 Å². The highest BCUT2D eigenvalue weighted by Crippen LogP contribution is 2.30. The van der Waals surface area contributed by atoms with Crippen LogP contribution in [0.3, 0.4) is 0 Å². The smallest absolute Gasteiger partial charge is 0.133 e. The summed E-state index contributed by atoms with van der Waals surface area (Å²) in [5.74, 6) is 0.601. The highest BCUT2D eigenvalue weighted by atomic mass is 15.2. The van der Waals surface area contributed by atoms with Crippen molar-refractivity contribution in [2.45, 2.75) is 32.7 Å². The Bertz CT molecular complexity index is 648. The SMILES string of the molecule is CC(C)(C)c1ccc(N2Cc3ccccc3C2=N)cc1. The van der Waals surface area contributed by atoms with E-state index in [0.29, 0.717) is 5.84 Å². The largest absolute Gasteiger partial charge is 0.322 e. The molecule has 0 fully saturated rings. The van der Waals surface area contributed by atoms with Gasteiger partial charge in [-0.25, -0.2) is 0 Å². The molecule has 2 heteroatoms. The lowest BCUT2D eigenvalue weighted by Gasteiger charge is -2.22. The average molecular weight is 264 g/mol. The number of amidine groups is 1. The summed E-state index contributed by atoms with van der Waals surface area (Å²) in [4.78, 5) is 2.07. The fraction of sp³-hybridized carbons (Fsp3) is 0.278. The van der Waals surface area contributed by atoms with Gasteiger partial charge < -0.3 is 4.90 Å². The van der Waals surface area contributed by atoms with Crippen molar-refractivity contribution in [3.05, 3.63) is 65.2 Å². The first kappa shape index (κ1) is 12.9. The molecule has 0 amide bonds. The first-order chi connectivity index (χ1) is 9.47. The minimum Gasteiger partial charge on any atom is -0.322 e. The Morgan fingerprint density at radius 3 is 2.20 bits per heavy atom. The van der Waals surface area contributed by atoms with Gasteiger partial charge in [-0.05, 0) is 28.7 Å². The van der Waals surface area contributed by atoms with E-state index in [9.17, 15) is 0 Å². The standard InChI is InChI=1S/C18H20N2/c1-18(2,3)14-8-10-15(11-9-14)20-12-13-6-4-5-7-16(13)17(20)19/h4-11,19H,12H2,1-3H3. The van der Waals surface area contributed by atoms with E-state index in [0.717, 1.165) is 17.8 Å². The van der Waals surface area contributed by atoms with Gasteiger partial charge in [-0.1, -0.05) is 57.2 Å². The van der Waals surface area contributed by atoms with Crippen molar-refractivity contribution < 1.29 is 0 Å². The summed E-state index contributed by atoms with van der Waals surface area (Å²) >= 11 is 0. The van der Waals surface area contributed by atoms with Crippen molar-refractivity contribution >= 4 is 11.5 Å². The molecule has 20 heavy (non-hydrogen) atoms. The lowest BCUT2D eigenvalue weighted by molar-refractivity contribution is 0.590. The van der Waals surface area contributed by atoms with Crippen molar-refractivity contribution in [1.29, 1.82) is 5.41 Å². The van der Waals surface area contributed by atoms with E-state index < -0.39 is 0 Å². The Kier molecular flexibility index (Phi) is 2.89. The molecule has 0 aliphatic carbocycles. The van der Waals surface area contributed by atoms with Gasteiger partial charge in [-0.3, -0.25) is 5.41 Å². The maximum Gasteiger partial charge on any atom is 0.133 e. The van der Waals surface area contributed by atoms with Gasteiger partial charge in [0.05, 0.1) is 6.54 Å². The number of anilines is 1. The third-order valence-corrected chi connectivity index (χ3v) is 3.92. The summed E-state index contributed by atoms with van der Waals surface area (Å²) in [6.07, 6.45) is 0. The average Bonchev–Trinajstić information content (AvgIpc) is 2.76. The van der Waals surface area contributed by atoms with Crippen molar-refractivity contribution in [2.24, 2.45) is 0 Å². The molecule has 0 saturated heterocycles. The van der Waals surface area contributed by atoms with Crippen LogP contribution in [0.4, 0.5) is 5.69 Å². The van der Waals surface area contributed by atoms with E-state index >= 15 is 0 Å². The van der Waals surface area contributed by atoms with E-state index in [4.69, 9.17) is 5.41 Å². The molecule has 0 radical (unpaired) electrons. The van der Waals surface area contributed by atoms with Crippen LogP contribution in [-0.2, 0) is 12.0 Å². The zero-order valence-corrected chi connectivity index (χ0v) is 12.3. The van der Waals surface area contributed by atoms with Crippen LogP contribution in [-0.4, -0.2) is 5.84 Å². The topological polar surface area (TPSA) is 27.1 Å². The van der Waals surface area contributed by atoms with Gasteiger partial charge in [0.2, 0.25) is 0 Å². The molecule has 0 unspecified atom stereocenters. The predicted octanol–water partition coefficient (Wildman–Crippen LogP) is 4.33. The van der Waals surface area contributed by atoms with Gasteiger partial charge in [0.25, 0.3) is 0 Å². The summed E-state index contributed by atoms with van der Waals surface area (Å²) in [6.45, 7) is 7.45. The molecule has 1 aliphatic heterocycles. The van der Waals surface area contributed by atoms with Crippen molar-refractivity contribution in [3.63, 3.8) is 0 Å². The lowest BCUT2D eigenvalue weighted by Crippen LogP contribution is -2.23. The highest BCUT2D eigenvalue weighted by molar-refractivity contribution is 6.11. The Labute approximate surface area is 120 Å². The molecule has 0 saturated carbocycles. The summed E-state index contributed by atoms with van der Waals surface area (Å²) in [7, 11) is 0. The molecule has 0 aromatic heterocycles. The molecule has 0 spiro atoms. The van der Waals surface area contributed by atoms with Crippen molar-refractivity contribution in [3.8, 4) is 0 Å². The van der Waals surface area contributed by atoms with Crippen LogP contribution >= 0.6 is 0 Å². The quantitative estimate of drug-likeness (QED) is 0.815. The second-order valence-electron chi connectivity index (χ2n) is 6.39. The van der Waals surface area contributed by atoms with Crippen LogP contribution in [0.25, 0.3) is 0 Å². The number of nitrogens with zero attached hydrogens (tertiary/aromatic N) is 1. The molecule has 1 heterocycles. The molecule has 1 aliphatic rings. The molecule has 0 bridgehead atoms. The van der Waals surface area contributed by atoms with Crippen LogP contribution in [0, 0.1) is 5.41 Å². The van der Waals surface area contributed by atoms with E-state index in [2.05, 4.69) is 56.0 Å². The molecule has 2 nitrogen and oxygen atoms in total. The summed E-state index contributed by atoms with van der Waals surface area (Å²) in [6, 6.07) is 16.8. The van der Waals surface area contributed by atoms with Crippen LogP contribution in [0.1, 0.15) is 37.5 Å². The second-order valence-corrected chi connectivity index (χ2v) is 6.39. The highest BCUT2D eigenvalue weighted by Gasteiger charge is 2.25. The third-order valence-electron chi connectivity index (χ3n) is 3.92. The molecule has 0 atom stereocenters. The minimum atomic E-state index is 0.167. The maximum atomic E-state index is 8.33. The molecular weight excluding hydrogens is 244 g/mol. The van der Waals surface area contributed by atoms with Gasteiger partial charge in [0, 0.05) is 11.3 Å². The Hall–Kier alpha value is -2.09. The van der Waals surface area contributed by atoms with Crippen LogP contribution in [0.5, 0.6) is 0 Å². The summed E-state index contributed by atoms with van der Waals surface area (Å²) in [5, 5.41) is 8.33. The molecular formula is C18H20N2. The number of rotatable bonds is 1. The van der Waals surface area contributed by atoms with Gasteiger partial charge in [0.1, 0.15) is 5.84 Å². The van der Waals surface area contributed by atoms with E-state index in [1.807, 2.05) is 18.2 Å². The van der Waals surface area contributed by atoms with E-state index in [1.54, 1.807) is 0 Å². The molecule has 102 valence electrons. The number of hydrogen-bond acceptors (Lipinski definition) is 1. The van der Waals surface area contributed by atoms with Gasteiger partial charge >= 0.3 is 0 Å². The Morgan fingerprint density at radius 2 is 1.60 bits per heavy atom. The first-order valence-electron chi connectivity index (χ1n) is 7.02. The number of fused-ring (bicyclic) bond motifs is 1. The Balaban J connectivity index is 1.91. The van der Waals surface area contributed by atoms with Gasteiger partial charge in [-0.15, -0.1) is 0 Å². The van der Waals surface area contributed by atoms with Crippen LogP contribution < -0.4 is 4.90 Å². The third kappa shape index (κ3) is 2.11. The van der Waals surface area contributed by atoms with E-state index in [1.165, 1.54) is 11.1 Å². The number of nitrogens with one attached hydrogen (secondary N) is 1. The summed E-state index contributed by atoms with van der Waals surface area (Å²) < 4.78 is 0. The maximum absolute atomic E-state index is 8.33. The monoisotopic (exact) mass is 264 g/mol. The Morgan fingerprint density at radius 1 is 0.950 bits per heavy atom. The normalized spacial score (nSPS) is 14.6. The molecule has 3 rings (SSSR count). The fourth-order valence-electron chi connectivity index (χ4n) is 2.65. The zero-order valence-electron chi connectivity index (χ0n) is 12.3. The second kappa shape index (κ2) is 4.48. The molecule has 1 N–H and O–H groups in total. The zero-order chi connectivity index (χ0) is 14.3. The van der Waals surface area contributed by atoms with E-state index in [-0.39, 0.29) is 5.41 Å². The van der Waals surface area contributed by atoms with Gasteiger partial charge in [-0.2, -0.15) is 0 Å². The minimum absolute atomic E-state index is 0.167. The first-order valence-corrected chi connectivity index (χ1v) is 7.02. The van der Waals surface area contributed by atoms with Crippen molar-refractivity contribution in [2.75, 3.05) is 4.90 Å². The molecule has 2 aromatic carbocycles. The summed E-state index contributed by atoms with van der Waals surface area (Å²) in [5.41, 5.74) is 4.87. The lowest BCUT2D eigenvalue weighted by atomic mass is 9.87. The van der Waals surface area contributed by atoms with Crippen molar-refractivity contribution in [1.82, 2.24) is 0 Å². The number of hydrogen-bond donors (Lipinski definition) is 1. The number of benzene rings is 2. The fourth-order valence-corrected chi connectivity index (χ4v) is 2.65. The predicted molar refractivity (Wildman–Crippen MR) is 84.6 cm³/mol. The molecule has 2 aromatic rings. The van der Waals surface area contributed by atoms with Gasteiger partial charge in [0.15, 0.2) is 0 Å².